The van der Waals surface area contributed by atoms with Crippen LogP contribution in [0.3, 0.4) is 0 Å². The van der Waals surface area contributed by atoms with Gasteiger partial charge in [-0.15, -0.1) is 0 Å². The normalized spacial score (nSPS) is 13.9. The Morgan fingerprint density at radius 2 is 2.18 bits per heavy atom. The van der Waals surface area contributed by atoms with Crippen LogP contribution in [0.1, 0.15) is 39.7 Å². The molecule has 0 spiro atoms. The van der Waals surface area contributed by atoms with Gasteiger partial charge >= 0.3 is 0 Å². The largest absolute Gasteiger partial charge is 0.392 e. The van der Waals surface area contributed by atoms with Gasteiger partial charge in [-0.1, -0.05) is 20.8 Å². The standard InChI is InChI=1S/C13H25N3O/c1-5-16-10-11(8-15-16)7-14-9-12(17)6-13(2,3)4/h8,10,12,14,17H,5-7,9H2,1-4H3. The van der Waals surface area contributed by atoms with Crippen LogP contribution in [0.2, 0.25) is 0 Å². The van der Waals surface area contributed by atoms with Crippen LogP contribution in [0.5, 0.6) is 0 Å². The molecule has 0 saturated heterocycles. The second-order valence-electron chi connectivity index (χ2n) is 5.75. The highest BCUT2D eigenvalue weighted by Gasteiger charge is 2.16. The Labute approximate surface area is 104 Å². The summed E-state index contributed by atoms with van der Waals surface area (Å²) in [6.07, 6.45) is 4.43. The zero-order valence-electron chi connectivity index (χ0n) is 11.4. The molecule has 17 heavy (non-hydrogen) atoms. The minimum atomic E-state index is -0.281. The predicted molar refractivity (Wildman–Crippen MR) is 69.7 cm³/mol. The first-order valence-corrected chi connectivity index (χ1v) is 6.31. The monoisotopic (exact) mass is 239 g/mol. The number of nitrogens with zero attached hydrogens (tertiary/aromatic N) is 2. The van der Waals surface area contributed by atoms with Crippen molar-refractivity contribution in [1.82, 2.24) is 15.1 Å². The van der Waals surface area contributed by atoms with Crippen LogP contribution in [-0.4, -0.2) is 27.5 Å². The fourth-order valence-corrected chi connectivity index (χ4v) is 1.83. The van der Waals surface area contributed by atoms with Crippen LogP contribution in [0, 0.1) is 5.41 Å². The van der Waals surface area contributed by atoms with Crippen LogP contribution in [0.25, 0.3) is 0 Å². The van der Waals surface area contributed by atoms with Crippen molar-refractivity contribution < 1.29 is 5.11 Å². The molecule has 2 N–H and O–H groups in total. The number of aliphatic hydroxyl groups is 1. The van der Waals surface area contributed by atoms with E-state index >= 15 is 0 Å². The minimum absolute atomic E-state index is 0.175. The summed E-state index contributed by atoms with van der Waals surface area (Å²) in [5, 5.41) is 17.3. The molecule has 1 unspecified atom stereocenters. The van der Waals surface area contributed by atoms with E-state index in [4.69, 9.17) is 0 Å². The summed E-state index contributed by atoms with van der Waals surface area (Å²) >= 11 is 0. The highest BCUT2D eigenvalue weighted by atomic mass is 16.3. The molecule has 0 radical (unpaired) electrons. The van der Waals surface area contributed by atoms with Crippen LogP contribution in [-0.2, 0) is 13.1 Å². The van der Waals surface area contributed by atoms with Gasteiger partial charge in [0.05, 0.1) is 12.3 Å². The van der Waals surface area contributed by atoms with Crippen molar-refractivity contribution in [3.63, 3.8) is 0 Å². The van der Waals surface area contributed by atoms with E-state index in [-0.39, 0.29) is 11.5 Å². The highest BCUT2D eigenvalue weighted by Crippen LogP contribution is 2.20. The van der Waals surface area contributed by atoms with E-state index in [9.17, 15) is 5.11 Å². The van der Waals surface area contributed by atoms with Crippen molar-refractivity contribution in [2.45, 2.75) is 53.3 Å². The van der Waals surface area contributed by atoms with E-state index in [2.05, 4.69) is 38.1 Å². The molecule has 0 saturated carbocycles. The molecule has 0 aliphatic rings. The van der Waals surface area contributed by atoms with Gasteiger partial charge in [0.25, 0.3) is 0 Å². The molecule has 0 aliphatic heterocycles. The zero-order valence-corrected chi connectivity index (χ0v) is 11.4. The maximum atomic E-state index is 9.83. The summed E-state index contributed by atoms with van der Waals surface area (Å²) in [5.41, 5.74) is 1.34. The quantitative estimate of drug-likeness (QED) is 0.795. The number of aliphatic hydroxyl groups excluding tert-OH is 1. The number of hydrogen-bond acceptors (Lipinski definition) is 3. The second-order valence-corrected chi connectivity index (χ2v) is 5.75. The van der Waals surface area contributed by atoms with Crippen molar-refractivity contribution in [3.05, 3.63) is 18.0 Å². The number of nitrogens with one attached hydrogen (secondary N) is 1. The van der Waals surface area contributed by atoms with Crippen molar-refractivity contribution in [3.8, 4) is 0 Å². The van der Waals surface area contributed by atoms with Gasteiger partial charge in [0.2, 0.25) is 0 Å². The molecular formula is C13H25N3O. The zero-order chi connectivity index (χ0) is 12.9. The third-order valence-corrected chi connectivity index (χ3v) is 2.57. The topological polar surface area (TPSA) is 50.1 Å². The van der Waals surface area contributed by atoms with Gasteiger partial charge in [0.1, 0.15) is 0 Å². The third-order valence-electron chi connectivity index (χ3n) is 2.57. The summed E-state index contributed by atoms with van der Waals surface area (Å²) in [7, 11) is 0. The van der Waals surface area contributed by atoms with E-state index in [0.717, 1.165) is 25.1 Å². The van der Waals surface area contributed by atoms with Gasteiger partial charge in [-0.2, -0.15) is 5.10 Å². The van der Waals surface area contributed by atoms with Crippen molar-refractivity contribution in [1.29, 1.82) is 0 Å². The van der Waals surface area contributed by atoms with Crippen molar-refractivity contribution in [2.75, 3.05) is 6.54 Å². The van der Waals surface area contributed by atoms with Gasteiger partial charge in [-0.05, 0) is 18.8 Å². The van der Waals surface area contributed by atoms with E-state index in [1.807, 2.05) is 17.1 Å². The molecule has 0 aromatic carbocycles. The first-order chi connectivity index (χ1) is 7.90. The van der Waals surface area contributed by atoms with E-state index in [1.165, 1.54) is 0 Å². The lowest BCUT2D eigenvalue weighted by molar-refractivity contribution is 0.119. The maximum absolute atomic E-state index is 9.83. The Hall–Kier alpha value is -0.870. The lowest BCUT2D eigenvalue weighted by Crippen LogP contribution is -2.29. The molecule has 1 rings (SSSR count). The Morgan fingerprint density at radius 1 is 1.47 bits per heavy atom. The average molecular weight is 239 g/mol. The molecule has 0 bridgehead atoms. The predicted octanol–water partition coefficient (Wildman–Crippen LogP) is 1.79. The molecule has 0 fully saturated rings. The summed E-state index contributed by atoms with van der Waals surface area (Å²) in [6.45, 7) is 10.8. The Morgan fingerprint density at radius 3 is 2.71 bits per heavy atom. The lowest BCUT2D eigenvalue weighted by atomic mass is 9.89. The van der Waals surface area contributed by atoms with Crippen molar-refractivity contribution >= 4 is 0 Å². The number of rotatable bonds is 6. The van der Waals surface area contributed by atoms with Gasteiger partial charge in [0.15, 0.2) is 0 Å². The molecule has 1 aromatic heterocycles. The molecule has 1 atom stereocenters. The van der Waals surface area contributed by atoms with Crippen LogP contribution >= 0.6 is 0 Å². The first kappa shape index (κ1) is 14.2. The van der Waals surface area contributed by atoms with Crippen LogP contribution < -0.4 is 5.32 Å². The molecule has 4 heteroatoms. The van der Waals surface area contributed by atoms with E-state index < -0.39 is 0 Å². The second kappa shape index (κ2) is 6.17. The smallest absolute Gasteiger partial charge is 0.0669 e. The number of hydrogen-bond donors (Lipinski definition) is 2. The fourth-order valence-electron chi connectivity index (χ4n) is 1.83. The average Bonchev–Trinajstić information content (AvgIpc) is 2.63. The van der Waals surface area contributed by atoms with Gasteiger partial charge in [-0.3, -0.25) is 4.68 Å². The Kier molecular flexibility index (Phi) is 5.15. The summed E-state index contributed by atoms with van der Waals surface area (Å²) < 4.78 is 1.91. The molecule has 1 aromatic rings. The fraction of sp³-hybridized carbons (Fsp3) is 0.769. The Bertz CT molecular complexity index is 328. The summed E-state index contributed by atoms with van der Waals surface area (Å²) in [4.78, 5) is 0. The first-order valence-electron chi connectivity index (χ1n) is 6.31. The van der Waals surface area contributed by atoms with Crippen LogP contribution in [0.4, 0.5) is 0 Å². The van der Waals surface area contributed by atoms with Crippen LogP contribution in [0.15, 0.2) is 12.4 Å². The van der Waals surface area contributed by atoms with Gasteiger partial charge < -0.3 is 10.4 Å². The van der Waals surface area contributed by atoms with Crippen molar-refractivity contribution in [2.24, 2.45) is 5.41 Å². The van der Waals surface area contributed by atoms with E-state index in [1.54, 1.807) is 0 Å². The number of aryl methyl sites for hydroxylation is 1. The summed E-state index contributed by atoms with van der Waals surface area (Å²) in [6, 6.07) is 0. The maximum Gasteiger partial charge on any atom is 0.0669 e. The third kappa shape index (κ3) is 5.84. The van der Waals surface area contributed by atoms with E-state index in [0.29, 0.717) is 6.54 Å². The Balaban J connectivity index is 2.23. The number of aromatic nitrogens is 2. The summed E-state index contributed by atoms with van der Waals surface area (Å²) in [5.74, 6) is 0. The lowest BCUT2D eigenvalue weighted by Gasteiger charge is -2.22. The molecule has 4 nitrogen and oxygen atoms in total. The SMILES string of the molecule is CCn1cc(CNCC(O)CC(C)(C)C)cn1. The molecule has 1 heterocycles. The molecule has 98 valence electrons. The minimum Gasteiger partial charge on any atom is -0.392 e. The van der Waals surface area contributed by atoms with Gasteiger partial charge in [-0.25, -0.2) is 0 Å². The molecule has 0 aliphatic carbocycles. The highest BCUT2D eigenvalue weighted by molar-refractivity contribution is 5.03. The van der Waals surface area contributed by atoms with Gasteiger partial charge in [0, 0.05) is 31.4 Å². The molecule has 0 amide bonds. The molecular weight excluding hydrogens is 214 g/mol.